The number of hydrogen-bond acceptors (Lipinski definition) is 4. The third-order valence-electron chi connectivity index (χ3n) is 4.57. The van der Waals surface area contributed by atoms with Gasteiger partial charge in [-0.15, -0.1) is 0 Å². The Morgan fingerprint density at radius 3 is 2.56 bits per heavy atom. The topological polar surface area (TPSA) is 87.5 Å². The molecule has 1 aliphatic heterocycles. The highest BCUT2D eigenvalue weighted by molar-refractivity contribution is 6.01. The lowest BCUT2D eigenvalue weighted by atomic mass is 10.1. The van der Waals surface area contributed by atoms with E-state index in [1.54, 1.807) is 13.2 Å². The smallest absolute Gasteiger partial charge is 0.326 e. The first-order chi connectivity index (χ1) is 13.0. The third-order valence-corrected chi connectivity index (χ3v) is 4.57. The van der Waals surface area contributed by atoms with E-state index in [4.69, 9.17) is 0 Å². The Balaban J connectivity index is 1.61. The van der Waals surface area contributed by atoms with Gasteiger partial charge in [-0.3, -0.25) is 14.5 Å². The van der Waals surface area contributed by atoms with Crippen molar-refractivity contribution in [1.29, 1.82) is 0 Å². The zero-order chi connectivity index (χ0) is 19.4. The van der Waals surface area contributed by atoms with Crippen LogP contribution in [0.1, 0.15) is 30.3 Å². The maximum absolute atomic E-state index is 12.5. The molecule has 142 valence electrons. The quantitative estimate of drug-likeness (QED) is 0.745. The van der Waals surface area contributed by atoms with Crippen molar-refractivity contribution in [3.63, 3.8) is 0 Å². The second-order valence-electron chi connectivity index (χ2n) is 6.60. The van der Waals surface area contributed by atoms with Gasteiger partial charge in [-0.25, -0.2) is 9.78 Å². The summed E-state index contributed by atoms with van der Waals surface area (Å²) in [4.78, 5) is 43.1. The molecule has 1 N–H and O–H groups in total. The van der Waals surface area contributed by atoms with Gasteiger partial charge in [-0.2, -0.15) is 0 Å². The van der Waals surface area contributed by atoms with E-state index in [1.807, 2.05) is 48.1 Å². The number of imide groups is 1. The lowest BCUT2D eigenvalue weighted by molar-refractivity contribution is -0.126. The number of nitrogens with one attached hydrogen (secondary N) is 1. The minimum absolute atomic E-state index is 0.0975. The van der Waals surface area contributed by atoms with Gasteiger partial charge in [0.1, 0.15) is 18.4 Å². The van der Waals surface area contributed by atoms with Crippen LogP contribution >= 0.6 is 0 Å². The average Bonchev–Trinajstić information content (AvgIpc) is 3.18. The van der Waals surface area contributed by atoms with Crippen LogP contribution in [0.2, 0.25) is 0 Å². The molecule has 4 amide bonds. The first kappa shape index (κ1) is 18.6. The van der Waals surface area contributed by atoms with Crippen molar-refractivity contribution in [3.05, 3.63) is 54.1 Å². The number of rotatable bonds is 7. The highest BCUT2D eigenvalue weighted by Crippen LogP contribution is 2.20. The van der Waals surface area contributed by atoms with Crippen LogP contribution in [0.3, 0.4) is 0 Å². The highest BCUT2D eigenvalue weighted by atomic mass is 16.2. The summed E-state index contributed by atoms with van der Waals surface area (Å²) >= 11 is 0. The van der Waals surface area contributed by atoms with E-state index < -0.39 is 0 Å². The fraction of sp³-hybridized carbons (Fsp3) is 0.368. The van der Waals surface area contributed by atoms with Crippen molar-refractivity contribution in [1.82, 2.24) is 24.7 Å². The SMILES string of the molecule is CN1CC(=O)N(CCCC(=O)N[C@@H](c2ccccc2)c2nccn2C)C1=O. The molecule has 2 heterocycles. The molecule has 1 aromatic carbocycles. The van der Waals surface area contributed by atoms with Crippen LogP contribution < -0.4 is 5.32 Å². The van der Waals surface area contributed by atoms with Gasteiger partial charge >= 0.3 is 6.03 Å². The number of amides is 4. The van der Waals surface area contributed by atoms with Crippen LogP contribution in [0, 0.1) is 0 Å². The minimum atomic E-state index is -0.361. The first-order valence-electron chi connectivity index (χ1n) is 8.84. The van der Waals surface area contributed by atoms with Crippen molar-refractivity contribution in [3.8, 4) is 0 Å². The number of hydrogen-bond donors (Lipinski definition) is 1. The van der Waals surface area contributed by atoms with Gasteiger partial charge in [0.05, 0.1) is 0 Å². The molecule has 2 aromatic rings. The number of nitrogens with zero attached hydrogens (tertiary/aromatic N) is 4. The molecule has 0 unspecified atom stereocenters. The molecule has 1 aromatic heterocycles. The Hall–Kier alpha value is -3.16. The summed E-state index contributed by atoms with van der Waals surface area (Å²) < 4.78 is 1.87. The minimum Gasteiger partial charge on any atom is -0.342 e. The molecule has 0 aliphatic carbocycles. The van der Waals surface area contributed by atoms with E-state index in [-0.39, 0.29) is 43.4 Å². The van der Waals surface area contributed by atoms with Crippen LogP contribution in [-0.4, -0.2) is 57.3 Å². The number of aromatic nitrogens is 2. The van der Waals surface area contributed by atoms with Gasteiger partial charge < -0.3 is 14.8 Å². The molecule has 1 aliphatic rings. The van der Waals surface area contributed by atoms with E-state index >= 15 is 0 Å². The van der Waals surface area contributed by atoms with E-state index in [9.17, 15) is 14.4 Å². The lowest BCUT2D eigenvalue weighted by Crippen LogP contribution is -2.34. The molecule has 0 bridgehead atoms. The fourth-order valence-electron chi connectivity index (χ4n) is 3.12. The molecule has 0 radical (unpaired) electrons. The van der Waals surface area contributed by atoms with E-state index in [1.165, 1.54) is 9.80 Å². The molecular formula is C19H23N5O3. The molecule has 8 heteroatoms. The number of likely N-dealkylation sites (N-methyl/N-ethyl adjacent to an activating group) is 1. The molecule has 1 fully saturated rings. The van der Waals surface area contributed by atoms with Crippen LogP contribution in [-0.2, 0) is 16.6 Å². The Bertz CT molecular complexity index is 833. The molecule has 27 heavy (non-hydrogen) atoms. The summed E-state index contributed by atoms with van der Waals surface area (Å²) in [6.07, 6.45) is 4.16. The molecule has 3 rings (SSSR count). The summed E-state index contributed by atoms with van der Waals surface area (Å²) in [6.45, 7) is 0.341. The molecule has 1 atom stereocenters. The first-order valence-corrected chi connectivity index (χ1v) is 8.84. The number of carbonyl (C=O) groups is 3. The molecule has 0 saturated carbocycles. The van der Waals surface area contributed by atoms with Crippen molar-refractivity contribution < 1.29 is 14.4 Å². The summed E-state index contributed by atoms with van der Waals surface area (Å²) in [5.41, 5.74) is 0.937. The fourth-order valence-corrected chi connectivity index (χ4v) is 3.12. The van der Waals surface area contributed by atoms with Crippen LogP contribution in [0.5, 0.6) is 0 Å². The summed E-state index contributed by atoms with van der Waals surface area (Å²) in [5.74, 6) is 0.360. The Morgan fingerprint density at radius 2 is 1.96 bits per heavy atom. The number of aryl methyl sites for hydroxylation is 1. The summed E-state index contributed by atoms with van der Waals surface area (Å²) in [7, 11) is 3.47. The lowest BCUT2D eigenvalue weighted by Gasteiger charge is -2.19. The second-order valence-corrected chi connectivity index (χ2v) is 6.60. The van der Waals surface area contributed by atoms with Crippen molar-refractivity contribution in [2.24, 2.45) is 7.05 Å². The van der Waals surface area contributed by atoms with Crippen LogP contribution in [0.4, 0.5) is 4.79 Å². The molecular weight excluding hydrogens is 346 g/mol. The monoisotopic (exact) mass is 369 g/mol. The van der Waals surface area contributed by atoms with E-state index in [2.05, 4.69) is 10.3 Å². The second kappa shape index (κ2) is 8.03. The van der Waals surface area contributed by atoms with Gasteiger partial charge in [0, 0.05) is 39.5 Å². The predicted molar refractivity (Wildman–Crippen MR) is 98.6 cm³/mol. The number of imidazole rings is 1. The van der Waals surface area contributed by atoms with Gasteiger partial charge in [0.2, 0.25) is 11.8 Å². The van der Waals surface area contributed by atoms with E-state index in [0.717, 1.165) is 11.4 Å². The normalized spacial score (nSPS) is 15.3. The zero-order valence-corrected chi connectivity index (χ0v) is 15.5. The van der Waals surface area contributed by atoms with Gasteiger partial charge in [-0.05, 0) is 12.0 Å². The van der Waals surface area contributed by atoms with Gasteiger partial charge in [0.25, 0.3) is 0 Å². The Kier molecular flexibility index (Phi) is 5.54. The summed E-state index contributed by atoms with van der Waals surface area (Å²) in [6, 6.07) is 8.96. The van der Waals surface area contributed by atoms with E-state index in [0.29, 0.717) is 6.42 Å². The largest absolute Gasteiger partial charge is 0.342 e. The van der Waals surface area contributed by atoms with Crippen molar-refractivity contribution in [2.45, 2.75) is 18.9 Å². The highest BCUT2D eigenvalue weighted by Gasteiger charge is 2.33. The van der Waals surface area contributed by atoms with Crippen molar-refractivity contribution in [2.75, 3.05) is 20.1 Å². The van der Waals surface area contributed by atoms with Gasteiger partial charge in [0.15, 0.2) is 0 Å². The zero-order valence-electron chi connectivity index (χ0n) is 15.5. The van der Waals surface area contributed by atoms with Crippen LogP contribution in [0.15, 0.2) is 42.7 Å². The van der Waals surface area contributed by atoms with Crippen molar-refractivity contribution >= 4 is 17.8 Å². The maximum Gasteiger partial charge on any atom is 0.326 e. The molecule has 0 spiro atoms. The standard InChI is InChI=1S/C19H23N5O3/c1-22-12-10-20-18(22)17(14-7-4-3-5-8-14)21-15(25)9-6-11-24-16(26)13-23(2)19(24)27/h3-5,7-8,10,12,17H,6,9,11,13H2,1-2H3,(H,21,25)/t17-/m0/s1. The summed E-state index contributed by atoms with van der Waals surface area (Å²) in [5, 5.41) is 3.01. The third kappa shape index (κ3) is 4.16. The molecule has 8 nitrogen and oxygen atoms in total. The Morgan fingerprint density at radius 1 is 1.22 bits per heavy atom. The predicted octanol–water partition coefficient (Wildman–Crippen LogP) is 1.30. The molecule has 1 saturated heterocycles. The van der Waals surface area contributed by atoms with Gasteiger partial charge in [-0.1, -0.05) is 30.3 Å². The Labute approximate surface area is 157 Å². The number of urea groups is 1. The van der Waals surface area contributed by atoms with Crippen LogP contribution in [0.25, 0.3) is 0 Å². The maximum atomic E-state index is 12.5. The average molecular weight is 369 g/mol. The number of carbonyl (C=O) groups excluding carboxylic acids is 3. The number of benzene rings is 1.